The van der Waals surface area contributed by atoms with Gasteiger partial charge in [-0.2, -0.15) is 11.8 Å². The number of rotatable bonds is 10. The van der Waals surface area contributed by atoms with Crippen molar-refractivity contribution in [2.45, 2.75) is 48.7 Å². The summed E-state index contributed by atoms with van der Waals surface area (Å²) in [6.45, 7) is 0.178. The lowest BCUT2D eigenvalue weighted by Gasteiger charge is -2.24. The van der Waals surface area contributed by atoms with Crippen LogP contribution in [0.15, 0.2) is 59.5 Å². The lowest BCUT2D eigenvalue weighted by Crippen LogP contribution is -2.41. The number of hydrogen-bond donors (Lipinski definition) is 1. The van der Waals surface area contributed by atoms with Crippen molar-refractivity contribution >= 4 is 33.4 Å². The van der Waals surface area contributed by atoms with E-state index in [0.717, 1.165) is 33.9 Å². The van der Waals surface area contributed by atoms with Crippen molar-refractivity contribution in [2.75, 3.05) is 23.1 Å². The third-order valence-corrected chi connectivity index (χ3v) is 8.54. The van der Waals surface area contributed by atoms with Crippen molar-refractivity contribution in [3.63, 3.8) is 0 Å². The molecule has 31 heavy (non-hydrogen) atoms. The van der Waals surface area contributed by atoms with Crippen LogP contribution in [-0.4, -0.2) is 38.4 Å². The first-order valence-corrected chi connectivity index (χ1v) is 13.2. The van der Waals surface area contributed by atoms with Crippen LogP contribution in [0.5, 0.6) is 0 Å². The fraction of sp³-hybridized carbons (Fsp3) is 0.435. The van der Waals surface area contributed by atoms with Gasteiger partial charge in [-0.3, -0.25) is 9.10 Å². The first-order valence-electron chi connectivity index (χ1n) is 10.7. The highest BCUT2D eigenvalue weighted by Crippen LogP contribution is 2.28. The molecule has 8 heteroatoms. The van der Waals surface area contributed by atoms with E-state index >= 15 is 0 Å². The Morgan fingerprint density at radius 1 is 1.03 bits per heavy atom. The van der Waals surface area contributed by atoms with Crippen molar-refractivity contribution in [2.24, 2.45) is 0 Å². The maximum atomic E-state index is 13.3. The molecular formula is C23H29FN2O3S2. The molecule has 0 spiro atoms. The number of benzene rings is 2. The largest absolute Gasteiger partial charge is 0.354 e. The van der Waals surface area contributed by atoms with Crippen molar-refractivity contribution in [3.05, 3.63) is 60.4 Å². The minimum atomic E-state index is -4.01. The van der Waals surface area contributed by atoms with Gasteiger partial charge < -0.3 is 5.32 Å². The third kappa shape index (κ3) is 6.97. The molecule has 0 heterocycles. The lowest BCUT2D eigenvalue weighted by molar-refractivity contribution is -0.119. The third-order valence-electron chi connectivity index (χ3n) is 5.28. The van der Waals surface area contributed by atoms with Crippen LogP contribution in [-0.2, 0) is 14.8 Å². The van der Waals surface area contributed by atoms with Gasteiger partial charge in [0, 0.05) is 11.8 Å². The van der Waals surface area contributed by atoms with E-state index in [-0.39, 0.29) is 17.3 Å². The zero-order chi connectivity index (χ0) is 22.1. The molecule has 2 aromatic rings. The molecule has 0 aromatic heterocycles. The number of thioether (sulfide) groups is 1. The first kappa shape index (κ1) is 23.6. The maximum Gasteiger partial charge on any atom is 0.264 e. The topological polar surface area (TPSA) is 66.5 Å². The molecule has 3 rings (SSSR count). The molecule has 1 aliphatic carbocycles. The van der Waals surface area contributed by atoms with Crippen molar-refractivity contribution in [1.29, 1.82) is 0 Å². The van der Waals surface area contributed by atoms with Gasteiger partial charge in [0.1, 0.15) is 12.4 Å². The van der Waals surface area contributed by atoms with Gasteiger partial charge in [0.2, 0.25) is 5.91 Å². The Hall–Kier alpha value is -2.06. The number of sulfonamides is 1. The number of carbonyl (C=O) groups excluding carboxylic acids is 1. The molecule has 168 valence electrons. The Labute approximate surface area is 188 Å². The van der Waals surface area contributed by atoms with Crippen LogP contribution < -0.4 is 9.62 Å². The number of nitrogens with zero attached hydrogens (tertiary/aromatic N) is 1. The number of amides is 1. The van der Waals surface area contributed by atoms with Crippen LogP contribution >= 0.6 is 11.8 Å². The summed E-state index contributed by atoms with van der Waals surface area (Å²) in [5, 5.41) is 3.57. The summed E-state index contributed by atoms with van der Waals surface area (Å²) in [4.78, 5) is 12.5. The van der Waals surface area contributed by atoms with Crippen LogP contribution in [0.1, 0.15) is 38.5 Å². The average Bonchev–Trinajstić information content (AvgIpc) is 2.79. The minimum Gasteiger partial charge on any atom is -0.354 e. The predicted molar refractivity (Wildman–Crippen MR) is 124 cm³/mol. The second kappa shape index (κ2) is 11.5. The monoisotopic (exact) mass is 464 g/mol. The number of halogens is 1. The Balaban J connectivity index is 1.58. The van der Waals surface area contributed by atoms with Gasteiger partial charge >= 0.3 is 0 Å². The van der Waals surface area contributed by atoms with Gasteiger partial charge in [0.25, 0.3) is 10.0 Å². The predicted octanol–water partition coefficient (Wildman–Crippen LogP) is 4.59. The van der Waals surface area contributed by atoms with Gasteiger partial charge in [-0.05, 0) is 61.4 Å². The summed E-state index contributed by atoms with van der Waals surface area (Å²) >= 11 is 1.97. The molecule has 0 atom stereocenters. The lowest BCUT2D eigenvalue weighted by atomic mass is 10.0. The molecule has 0 saturated heterocycles. The normalized spacial score (nSPS) is 14.9. The van der Waals surface area contributed by atoms with Crippen LogP contribution in [0.4, 0.5) is 10.1 Å². The van der Waals surface area contributed by atoms with E-state index in [9.17, 15) is 17.6 Å². The molecule has 1 saturated carbocycles. The highest BCUT2D eigenvalue weighted by Gasteiger charge is 2.27. The summed E-state index contributed by atoms with van der Waals surface area (Å²) in [6, 6.07) is 13.1. The molecule has 1 fully saturated rings. The SMILES string of the molecule is O=C(CN(c1ccccc1)S(=O)(=O)c1ccc(F)cc1)NCCCSC1CCCCC1. The second-order valence-electron chi connectivity index (χ2n) is 7.64. The molecule has 2 aromatic carbocycles. The van der Waals surface area contributed by atoms with Crippen LogP contribution in [0.25, 0.3) is 0 Å². The van der Waals surface area contributed by atoms with E-state index in [0.29, 0.717) is 12.2 Å². The molecular weight excluding hydrogens is 435 g/mol. The Morgan fingerprint density at radius 3 is 2.39 bits per heavy atom. The van der Waals surface area contributed by atoms with Crippen LogP contribution in [0.3, 0.4) is 0 Å². The van der Waals surface area contributed by atoms with E-state index in [1.165, 1.54) is 44.2 Å². The molecule has 5 nitrogen and oxygen atoms in total. The van der Waals surface area contributed by atoms with E-state index in [1.54, 1.807) is 30.3 Å². The summed E-state index contributed by atoms with van der Waals surface area (Å²) in [7, 11) is -4.01. The van der Waals surface area contributed by atoms with Gasteiger partial charge in [-0.25, -0.2) is 12.8 Å². The quantitative estimate of drug-likeness (QED) is 0.522. The first-order chi connectivity index (χ1) is 15.0. The number of anilines is 1. The highest BCUT2D eigenvalue weighted by molar-refractivity contribution is 7.99. The maximum absolute atomic E-state index is 13.3. The zero-order valence-electron chi connectivity index (χ0n) is 17.5. The molecule has 1 N–H and O–H groups in total. The minimum absolute atomic E-state index is 0.0607. The van der Waals surface area contributed by atoms with E-state index < -0.39 is 15.8 Å². The van der Waals surface area contributed by atoms with E-state index in [4.69, 9.17) is 0 Å². The number of nitrogens with one attached hydrogen (secondary N) is 1. The summed E-state index contributed by atoms with van der Waals surface area (Å²) in [6.07, 6.45) is 7.38. The van der Waals surface area contributed by atoms with Crippen molar-refractivity contribution in [3.8, 4) is 0 Å². The average molecular weight is 465 g/mol. The Bertz CT molecular complexity index is 931. The molecule has 0 unspecified atom stereocenters. The summed E-state index contributed by atoms with van der Waals surface area (Å²) in [5.41, 5.74) is 0.384. The summed E-state index contributed by atoms with van der Waals surface area (Å²) < 4.78 is 40.6. The van der Waals surface area contributed by atoms with E-state index in [2.05, 4.69) is 5.32 Å². The molecule has 1 aliphatic rings. The second-order valence-corrected chi connectivity index (χ2v) is 10.9. The Morgan fingerprint density at radius 2 is 1.71 bits per heavy atom. The van der Waals surface area contributed by atoms with Gasteiger partial charge in [-0.15, -0.1) is 0 Å². The van der Waals surface area contributed by atoms with Gasteiger partial charge in [0.15, 0.2) is 0 Å². The highest BCUT2D eigenvalue weighted by atomic mass is 32.2. The summed E-state index contributed by atoms with van der Waals surface area (Å²) in [5.74, 6) is 0.104. The van der Waals surface area contributed by atoms with Crippen LogP contribution in [0.2, 0.25) is 0 Å². The number of para-hydroxylation sites is 1. The van der Waals surface area contributed by atoms with E-state index in [1.807, 2.05) is 11.8 Å². The number of hydrogen-bond acceptors (Lipinski definition) is 4. The van der Waals surface area contributed by atoms with Crippen LogP contribution in [0, 0.1) is 5.82 Å². The van der Waals surface area contributed by atoms with Gasteiger partial charge in [-0.1, -0.05) is 37.5 Å². The van der Waals surface area contributed by atoms with Crippen molar-refractivity contribution in [1.82, 2.24) is 5.32 Å². The Kier molecular flexibility index (Phi) is 8.78. The van der Waals surface area contributed by atoms with Gasteiger partial charge in [0.05, 0.1) is 10.6 Å². The molecule has 0 aliphatic heterocycles. The number of carbonyl (C=O) groups is 1. The smallest absolute Gasteiger partial charge is 0.264 e. The fourth-order valence-electron chi connectivity index (χ4n) is 3.61. The standard InChI is InChI=1S/C23H29FN2O3S2/c24-19-12-14-22(15-13-19)31(28,29)26(20-8-3-1-4-9-20)18-23(27)25-16-7-17-30-21-10-5-2-6-11-21/h1,3-4,8-9,12-15,21H,2,5-7,10-11,16-18H2,(H,25,27). The molecule has 1 amide bonds. The zero-order valence-corrected chi connectivity index (χ0v) is 19.1. The van der Waals surface area contributed by atoms with Crippen molar-refractivity contribution < 1.29 is 17.6 Å². The molecule has 0 radical (unpaired) electrons. The molecule has 0 bridgehead atoms. The fourth-order valence-corrected chi connectivity index (χ4v) is 6.34.